The second-order valence-electron chi connectivity index (χ2n) is 11.8. The average Bonchev–Trinajstić information content (AvgIpc) is 3.10. The molecule has 3 heterocycles. The van der Waals surface area contributed by atoms with Crippen LogP contribution in [0.25, 0.3) is 0 Å². The van der Waals surface area contributed by atoms with Gasteiger partial charge in [-0.3, -0.25) is 4.79 Å². The van der Waals surface area contributed by atoms with Crippen LogP contribution in [-0.2, 0) is 25.5 Å². The molecule has 0 spiro atoms. The second-order valence-corrected chi connectivity index (χ2v) is 14.1. The number of hydrogen-bond donors (Lipinski definition) is 2. The van der Waals surface area contributed by atoms with E-state index < -0.39 is 40.1 Å². The van der Waals surface area contributed by atoms with Crippen LogP contribution in [-0.4, -0.2) is 80.3 Å². The zero-order chi connectivity index (χ0) is 33.6. The Kier molecular flexibility index (Phi) is 11.2. The standard InChI is InChI=1S/C33H39F3N4O6S/c1-2-47(43,44)29-11-6-23(7-12-29)30(20-41)39-31(42)25-17-37-32(38-18-25)40-19-24(22-3-8-26(9-4-22)33(34,35)36)5-10-27(40)21-46-28-13-15-45-16-14-28/h3-4,6-9,11-12,17-18,24,27-28,30,41H,2,5,10,13-16,19-21H2,1H3,(H,39,42)/t24?,27-,30-/m0/s1. The van der Waals surface area contributed by atoms with Crippen molar-refractivity contribution in [2.24, 2.45) is 0 Å². The molecule has 2 aliphatic rings. The van der Waals surface area contributed by atoms with Gasteiger partial charge in [-0.2, -0.15) is 13.2 Å². The quantitative estimate of drug-likeness (QED) is 0.297. The molecule has 1 aromatic heterocycles. The first-order valence-corrected chi connectivity index (χ1v) is 17.3. The lowest BCUT2D eigenvalue weighted by Crippen LogP contribution is -2.47. The third kappa shape index (κ3) is 8.66. The first-order chi connectivity index (χ1) is 22.5. The maximum atomic E-state index is 13.2. The molecule has 2 saturated heterocycles. The average molecular weight is 677 g/mol. The molecule has 2 fully saturated rings. The Balaban J connectivity index is 1.30. The van der Waals surface area contributed by atoms with Gasteiger partial charge in [-0.1, -0.05) is 31.2 Å². The Morgan fingerprint density at radius 2 is 1.70 bits per heavy atom. The predicted molar refractivity (Wildman–Crippen MR) is 168 cm³/mol. The highest BCUT2D eigenvalue weighted by atomic mass is 32.2. The molecule has 10 nitrogen and oxygen atoms in total. The summed E-state index contributed by atoms with van der Waals surface area (Å²) in [4.78, 5) is 24.3. The van der Waals surface area contributed by atoms with Crippen LogP contribution in [0.15, 0.2) is 65.8 Å². The number of alkyl halides is 3. The minimum absolute atomic E-state index is 0.0423. The molecule has 254 valence electrons. The van der Waals surface area contributed by atoms with Crippen LogP contribution in [0.4, 0.5) is 19.1 Å². The molecule has 47 heavy (non-hydrogen) atoms. The van der Waals surface area contributed by atoms with Gasteiger partial charge in [0.2, 0.25) is 5.95 Å². The smallest absolute Gasteiger partial charge is 0.394 e. The monoisotopic (exact) mass is 676 g/mol. The number of ether oxygens (including phenoxy) is 2. The highest BCUT2D eigenvalue weighted by Gasteiger charge is 2.34. The highest BCUT2D eigenvalue weighted by Crippen LogP contribution is 2.35. The van der Waals surface area contributed by atoms with Crippen molar-refractivity contribution >= 4 is 21.7 Å². The molecule has 14 heteroatoms. The number of aliphatic hydroxyl groups excluding tert-OH is 1. The van der Waals surface area contributed by atoms with Crippen LogP contribution in [0.2, 0.25) is 0 Å². The van der Waals surface area contributed by atoms with Crippen LogP contribution in [0, 0.1) is 0 Å². The number of benzene rings is 2. The number of aromatic nitrogens is 2. The summed E-state index contributed by atoms with van der Waals surface area (Å²) in [7, 11) is -3.39. The molecule has 1 amide bonds. The number of nitrogens with zero attached hydrogens (tertiary/aromatic N) is 3. The third-order valence-corrected chi connectivity index (χ3v) is 10.5. The van der Waals surface area contributed by atoms with Crippen LogP contribution < -0.4 is 10.2 Å². The van der Waals surface area contributed by atoms with Gasteiger partial charge in [0.1, 0.15) is 0 Å². The molecule has 2 aliphatic heterocycles. The maximum Gasteiger partial charge on any atom is 0.416 e. The molecule has 1 unspecified atom stereocenters. The molecule has 2 N–H and O–H groups in total. The summed E-state index contributed by atoms with van der Waals surface area (Å²) in [6.45, 7) is 3.30. The van der Waals surface area contributed by atoms with Crippen LogP contribution in [0.5, 0.6) is 0 Å². The fraction of sp³-hybridized carbons (Fsp3) is 0.485. The summed E-state index contributed by atoms with van der Waals surface area (Å²) in [6.07, 6.45) is 1.51. The Morgan fingerprint density at radius 1 is 1.04 bits per heavy atom. The SMILES string of the molecule is CCS(=O)(=O)c1ccc([C@H](CO)NC(=O)c2cnc(N3CC(c4ccc(C(F)(F)F)cc4)CC[C@H]3COC3CCOCC3)nc2)cc1. The van der Waals surface area contributed by atoms with E-state index in [9.17, 15) is 31.5 Å². The van der Waals surface area contributed by atoms with Gasteiger partial charge in [0.15, 0.2) is 9.84 Å². The van der Waals surface area contributed by atoms with Gasteiger partial charge < -0.3 is 24.8 Å². The Morgan fingerprint density at radius 3 is 2.30 bits per heavy atom. The van der Waals surface area contributed by atoms with Crippen molar-refractivity contribution in [3.8, 4) is 0 Å². The number of hydrogen-bond acceptors (Lipinski definition) is 9. The van der Waals surface area contributed by atoms with E-state index in [1.807, 2.05) is 4.90 Å². The van der Waals surface area contributed by atoms with E-state index in [-0.39, 0.29) is 34.3 Å². The van der Waals surface area contributed by atoms with Crippen molar-refractivity contribution in [1.82, 2.24) is 15.3 Å². The van der Waals surface area contributed by atoms with E-state index in [1.165, 1.54) is 36.7 Å². The number of amides is 1. The first-order valence-electron chi connectivity index (χ1n) is 15.7. The van der Waals surface area contributed by atoms with Crippen molar-refractivity contribution in [2.75, 3.05) is 43.6 Å². The molecule has 2 aromatic carbocycles. The molecule has 0 bridgehead atoms. The van der Waals surface area contributed by atoms with Gasteiger partial charge in [-0.25, -0.2) is 18.4 Å². The van der Waals surface area contributed by atoms with Gasteiger partial charge in [-0.05, 0) is 61.1 Å². The summed E-state index contributed by atoms with van der Waals surface area (Å²) in [5, 5.41) is 12.7. The number of piperidine rings is 1. The Bertz CT molecular complexity index is 1580. The molecule has 0 saturated carbocycles. The van der Waals surface area contributed by atoms with Crippen molar-refractivity contribution < 1.29 is 41.0 Å². The van der Waals surface area contributed by atoms with Gasteiger partial charge >= 0.3 is 6.18 Å². The number of carbonyl (C=O) groups excluding carboxylic acids is 1. The molecule has 3 aromatic rings. The summed E-state index contributed by atoms with van der Waals surface area (Å²) in [6, 6.07) is 10.4. The zero-order valence-electron chi connectivity index (χ0n) is 26.0. The highest BCUT2D eigenvalue weighted by molar-refractivity contribution is 7.91. The Labute approximate surface area is 272 Å². The van der Waals surface area contributed by atoms with Crippen molar-refractivity contribution in [3.05, 3.63) is 83.2 Å². The number of rotatable bonds is 11. The van der Waals surface area contributed by atoms with Gasteiger partial charge in [0.05, 0.1) is 53.2 Å². The topological polar surface area (TPSA) is 131 Å². The first kappa shape index (κ1) is 34.7. The van der Waals surface area contributed by atoms with E-state index in [2.05, 4.69) is 15.3 Å². The fourth-order valence-electron chi connectivity index (χ4n) is 5.89. The van der Waals surface area contributed by atoms with E-state index >= 15 is 0 Å². The van der Waals surface area contributed by atoms with Crippen molar-refractivity contribution in [3.63, 3.8) is 0 Å². The molecule has 3 atom stereocenters. The van der Waals surface area contributed by atoms with E-state index in [1.54, 1.807) is 19.1 Å². The van der Waals surface area contributed by atoms with Gasteiger partial charge in [0, 0.05) is 38.1 Å². The lowest BCUT2D eigenvalue weighted by Gasteiger charge is -2.40. The lowest BCUT2D eigenvalue weighted by molar-refractivity contribution is -0.137. The number of nitrogens with one attached hydrogen (secondary N) is 1. The minimum Gasteiger partial charge on any atom is -0.394 e. The molecule has 0 radical (unpaired) electrons. The molecule has 5 rings (SSSR count). The largest absolute Gasteiger partial charge is 0.416 e. The van der Waals surface area contributed by atoms with Gasteiger partial charge in [-0.15, -0.1) is 0 Å². The summed E-state index contributed by atoms with van der Waals surface area (Å²) in [5.41, 5.74) is 0.782. The van der Waals surface area contributed by atoms with E-state index in [0.717, 1.165) is 37.0 Å². The number of halogens is 3. The van der Waals surface area contributed by atoms with E-state index in [0.29, 0.717) is 44.3 Å². The van der Waals surface area contributed by atoms with Gasteiger partial charge in [0.25, 0.3) is 5.91 Å². The number of aliphatic hydroxyl groups is 1. The number of anilines is 1. The van der Waals surface area contributed by atoms with Crippen LogP contribution in [0.3, 0.4) is 0 Å². The maximum absolute atomic E-state index is 13.2. The summed E-state index contributed by atoms with van der Waals surface area (Å²) >= 11 is 0. The lowest BCUT2D eigenvalue weighted by atomic mass is 9.87. The number of carbonyl (C=O) groups is 1. The van der Waals surface area contributed by atoms with Crippen molar-refractivity contribution in [2.45, 2.75) is 67.8 Å². The molecule has 0 aliphatic carbocycles. The van der Waals surface area contributed by atoms with E-state index in [4.69, 9.17) is 9.47 Å². The third-order valence-electron chi connectivity index (χ3n) is 8.78. The molecular weight excluding hydrogens is 637 g/mol. The van der Waals surface area contributed by atoms with Crippen LogP contribution >= 0.6 is 0 Å². The predicted octanol–water partition coefficient (Wildman–Crippen LogP) is 4.70. The van der Waals surface area contributed by atoms with Crippen molar-refractivity contribution in [1.29, 1.82) is 0 Å². The van der Waals surface area contributed by atoms with Crippen LogP contribution in [0.1, 0.15) is 71.6 Å². The Hall–Kier alpha value is -3.59. The normalized spacial score (nSPS) is 20.1. The number of sulfone groups is 1. The summed E-state index contributed by atoms with van der Waals surface area (Å²) < 4.78 is 75.4. The zero-order valence-corrected chi connectivity index (χ0v) is 26.8. The minimum atomic E-state index is -4.41. The second kappa shape index (κ2) is 15.1. The molecular formula is C33H39F3N4O6S. The fourth-order valence-corrected chi connectivity index (χ4v) is 6.77. The summed E-state index contributed by atoms with van der Waals surface area (Å²) in [5.74, 6) is -0.266.